The number of imidazole rings is 1. The maximum Gasteiger partial charge on any atom is 0.276 e. The lowest BCUT2D eigenvalue weighted by Gasteiger charge is -2.04. The van der Waals surface area contributed by atoms with Crippen LogP contribution in [0.4, 0.5) is 11.6 Å². The quantitative estimate of drug-likeness (QED) is 0.416. The molecule has 0 aliphatic carbocycles. The predicted octanol–water partition coefficient (Wildman–Crippen LogP) is 4.01. The van der Waals surface area contributed by atoms with Crippen molar-refractivity contribution in [3.63, 3.8) is 0 Å². The van der Waals surface area contributed by atoms with Crippen molar-refractivity contribution in [2.24, 2.45) is 0 Å². The number of H-pyrrole nitrogens is 1. The number of carbonyl (C=O) groups is 2. The van der Waals surface area contributed by atoms with E-state index >= 15 is 0 Å². The van der Waals surface area contributed by atoms with Gasteiger partial charge in [0, 0.05) is 17.8 Å². The highest BCUT2D eigenvalue weighted by Gasteiger charge is 2.16. The molecule has 0 bridgehead atoms. The average molecular weight is 408 g/mol. The minimum absolute atomic E-state index is 0.233. The fourth-order valence-electron chi connectivity index (χ4n) is 3.29. The molecule has 0 atom stereocenters. The molecule has 3 aromatic heterocycles. The molecule has 3 heterocycles. The largest absolute Gasteiger partial charge is 0.324 e. The monoisotopic (exact) mass is 408 g/mol. The van der Waals surface area contributed by atoms with Gasteiger partial charge in [-0.1, -0.05) is 30.3 Å². The van der Waals surface area contributed by atoms with Gasteiger partial charge in [0.05, 0.1) is 23.0 Å². The predicted molar refractivity (Wildman–Crippen MR) is 118 cm³/mol. The Balaban J connectivity index is 1.41. The Bertz CT molecular complexity index is 1430. The second kappa shape index (κ2) is 7.68. The summed E-state index contributed by atoms with van der Waals surface area (Å²) in [7, 11) is 0. The summed E-state index contributed by atoms with van der Waals surface area (Å²) < 4.78 is 0. The van der Waals surface area contributed by atoms with E-state index in [-0.39, 0.29) is 17.5 Å². The molecule has 150 valence electrons. The number of carbonyl (C=O) groups excluding carboxylic acids is 2. The standard InChI is InChI=1S/C23H16N6O2/c30-21(26-16-7-4-10-24-13-16)17-8-3-9-18-20(17)28-23(27-18)29-22(31)19-11-14-5-1-2-6-15(14)12-25-19/h1-13H,(H,26,30)(H2,27,28,29,31). The van der Waals surface area contributed by atoms with Crippen molar-refractivity contribution in [1.82, 2.24) is 19.9 Å². The smallest absolute Gasteiger partial charge is 0.276 e. The van der Waals surface area contributed by atoms with E-state index in [1.165, 1.54) is 0 Å². The van der Waals surface area contributed by atoms with E-state index < -0.39 is 5.91 Å². The summed E-state index contributed by atoms with van der Waals surface area (Å²) in [6, 6.07) is 18.1. The van der Waals surface area contributed by atoms with E-state index in [2.05, 4.69) is 30.6 Å². The average Bonchev–Trinajstić information content (AvgIpc) is 3.21. The summed E-state index contributed by atoms with van der Waals surface area (Å²) in [5, 5.41) is 7.38. The number of nitrogens with zero attached hydrogens (tertiary/aromatic N) is 3. The molecular weight excluding hydrogens is 392 g/mol. The number of anilines is 2. The van der Waals surface area contributed by atoms with Crippen molar-refractivity contribution in [2.75, 3.05) is 10.6 Å². The van der Waals surface area contributed by atoms with Gasteiger partial charge in [0.25, 0.3) is 11.8 Å². The van der Waals surface area contributed by atoms with E-state index in [0.29, 0.717) is 22.3 Å². The minimum atomic E-state index is -0.397. The number of aromatic amines is 1. The molecule has 0 saturated carbocycles. The van der Waals surface area contributed by atoms with Crippen molar-refractivity contribution in [3.05, 3.63) is 90.5 Å². The lowest BCUT2D eigenvalue weighted by Crippen LogP contribution is -2.14. The lowest BCUT2D eigenvalue weighted by molar-refractivity contribution is 0.101. The summed E-state index contributed by atoms with van der Waals surface area (Å²) in [5.74, 6) is -0.484. The summed E-state index contributed by atoms with van der Waals surface area (Å²) >= 11 is 0. The highest BCUT2D eigenvalue weighted by Crippen LogP contribution is 2.21. The van der Waals surface area contributed by atoms with Crippen LogP contribution < -0.4 is 10.6 Å². The molecule has 2 aromatic carbocycles. The SMILES string of the molecule is O=C(Nc1nc2c(C(=O)Nc3cccnc3)cccc2[nH]1)c1cc2ccccc2cn1. The maximum absolute atomic E-state index is 12.7. The fourth-order valence-corrected chi connectivity index (χ4v) is 3.29. The minimum Gasteiger partial charge on any atom is -0.324 e. The Morgan fingerprint density at radius 2 is 1.71 bits per heavy atom. The molecule has 8 nitrogen and oxygen atoms in total. The van der Waals surface area contributed by atoms with Crippen LogP contribution in [0.5, 0.6) is 0 Å². The van der Waals surface area contributed by atoms with Crippen molar-refractivity contribution in [3.8, 4) is 0 Å². The number of benzene rings is 2. The molecule has 0 saturated heterocycles. The van der Waals surface area contributed by atoms with Gasteiger partial charge < -0.3 is 10.3 Å². The number of hydrogen-bond acceptors (Lipinski definition) is 5. The van der Waals surface area contributed by atoms with Crippen molar-refractivity contribution in [1.29, 1.82) is 0 Å². The van der Waals surface area contributed by atoms with Crippen molar-refractivity contribution < 1.29 is 9.59 Å². The van der Waals surface area contributed by atoms with Crippen molar-refractivity contribution >= 4 is 45.3 Å². The molecule has 0 unspecified atom stereocenters. The first-order chi connectivity index (χ1) is 15.2. The third-order valence-electron chi connectivity index (χ3n) is 4.77. The molecule has 5 rings (SSSR count). The molecular formula is C23H16N6O2. The van der Waals surface area contributed by atoms with Crippen LogP contribution in [-0.2, 0) is 0 Å². The fraction of sp³-hybridized carbons (Fsp3) is 0. The molecule has 8 heteroatoms. The molecule has 31 heavy (non-hydrogen) atoms. The Morgan fingerprint density at radius 1 is 0.839 bits per heavy atom. The molecule has 0 radical (unpaired) electrons. The van der Waals surface area contributed by atoms with E-state index in [1.54, 1.807) is 55.0 Å². The van der Waals surface area contributed by atoms with Gasteiger partial charge in [-0.3, -0.25) is 24.9 Å². The molecule has 0 aliphatic heterocycles. The number of hydrogen-bond donors (Lipinski definition) is 3. The summed E-state index contributed by atoms with van der Waals surface area (Å²) in [6.07, 6.45) is 4.85. The van der Waals surface area contributed by atoms with Gasteiger partial charge in [-0.25, -0.2) is 4.98 Å². The zero-order chi connectivity index (χ0) is 21.2. The van der Waals surface area contributed by atoms with Crippen LogP contribution in [0.15, 0.2) is 79.3 Å². The van der Waals surface area contributed by atoms with Crippen LogP contribution >= 0.6 is 0 Å². The van der Waals surface area contributed by atoms with E-state index in [0.717, 1.165) is 10.8 Å². The van der Waals surface area contributed by atoms with Gasteiger partial charge in [-0.2, -0.15) is 0 Å². The van der Waals surface area contributed by atoms with Crippen molar-refractivity contribution in [2.45, 2.75) is 0 Å². The van der Waals surface area contributed by atoms with Gasteiger partial charge in [0.15, 0.2) is 0 Å². The second-order valence-electron chi connectivity index (χ2n) is 6.85. The number of amides is 2. The van der Waals surface area contributed by atoms with Gasteiger partial charge in [0.1, 0.15) is 11.2 Å². The lowest BCUT2D eigenvalue weighted by atomic mass is 10.1. The first kappa shape index (κ1) is 18.4. The number of rotatable bonds is 4. The molecule has 2 amide bonds. The third-order valence-corrected chi connectivity index (χ3v) is 4.77. The third kappa shape index (κ3) is 3.69. The van der Waals surface area contributed by atoms with Gasteiger partial charge in [-0.05, 0) is 35.7 Å². The van der Waals surface area contributed by atoms with Crippen LogP contribution in [0.1, 0.15) is 20.8 Å². The molecule has 0 fully saturated rings. The van der Waals surface area contributed by atoms with E-state index in [1.807, 2.05) is 24.3 Å². The van der Waals surface area contributed by atoms with Gasteiger partial charge >= 0.3 is 0 Å². The van der Waals surface area contributed by atoms with Crippen LogP contribution in [0.3, 0.4) is 0 Å². The van der Waals surface area contributed by atoms with Crippen LogP contribution in [-0.4, -0.2) is 31.8 Å². The Kier molecular flexibility index (Phi) is 4.57. The maximum atomic E-state index is 12.7. The zero-order valence-corrected chi connectivity index (χ0v) is 16.2. The van der Waals surface area contributed by atoms with Gasteiger partial charge in [0.2, 0.25) is 5.95 Å². The topological polar surface area (TPSA) is 113 Å². The number of aromatic nitrogens is 4. The number of fused-ring (bicyclic) bond motifs is 2. The number of nitrogens with one attached hydrogen (secondary N) is 3. The summed E-state index contributed by atoms with van der Waals surface area (Å²) in [4.78, 5) is 41.0. The first-order valence-electron chi connectivity index (χ1n) is 9.54. The molecule has 3 N–H and O–H groups in total. The first-order valence-corrected chi connectivity index (χ1v) is 9.54. The van der Waals surface area contributed by atoms with Gasteiger partial charge in [-0.15, -0.1) is 0 Å². The molecule has 0 spiro atoms. The molecule has 0 aliphatic rings. The van der Waals surface area contributed by atoms with Crippen LogP contribution in [0.25, 0.3) is 21.8 Å². The van der Waals surface area contributed by atoms with Crippen LogP contribution in [0, 0.1) is 0 Å². The Morgan fingerprint density at radius 3 is 2.55 bits per heavy atom. The van der Waals surface area contributed by atoms with E-state index in [9.17, 15) is 9.59 Å². The summed E-state index contributed by atoms with van der Waals surface area (Å²) in [6.45, 7) is 0. The summed E-state index contributed by atoms with van der Waals surface area (Å²) in [5.41, 5.74) is 2.30. The Labute approximate surface area is 176 Å². The zero-order valence-electron chi connectivity index (χ0n) is 16.2. The number of para-hydroxylation sites is 1. The van der Waals surface area contributed by atoms with Crippen LogP contribution in [0.2, 0.25) is 0 Å². The highest BCUT2D eigenvalue weighted by molar-refractivity contribution is 6.12. The Hall–Kier alpha value is -4.59. The molecule has 5 aromatic rings. The number of pyridine rings is 2. The highest BCUT2D eigenvalue weighted by atomic mass is 16.2. The van der Waals surface area contributed by atoms with E-state index in [4.69, 9.17) is 0 Å². The second-order valence-corrected chi connectivity index (χ2v) is 6.85. The normalized spacial score (nSPS) is 10.8.